The number of hydrogen-bond donors (Lipinski definition) is 0. The average Bonchev–Trinajstić information content (AvgIpc) is 2.24. The van der Waals surface area contributed by atoms with Crippen LogP contribution in [0.1, 0.15) is 20.3 Å². The highest BCUT2D eigenvalue weighted by molar-refractivity contribution is 5.66. The van der Waals surface area contributed by atoms with Crippen LogP contribution >= 0.6 is 0 Å². The highest BCUT2D eigenvalue weighted by Crippen LogP contribution is 2.33. The van der Waals surface area contributed by atoms with Crippen LogP contribution in [-0.4, -0.2) is 30.2 Å². The molecule has 1 saturated heterocycles. The van der Waals surface area contributed by atoms with Crippen molar-refractivity contribution in [2.45, 2.75) is 26.3 Å². The quantitative estimate of drug-likeness (QED) is 0.543. The summed E-state index contributed by atoms with van der Waals surface area (Å²) in [5.74, 6) is 0. The number of likely N-dealkylation sites (tertiary alicyclic amines) is 1. The summed E-state index contributed by atoms with van der Waals surface area (Å²) in [6, 6.07) is -0.222. The van der Waals surface area contributed by atoms with Gasteiger partial charge in [-0.2, -0.15) is 0 Å². The van der Waals surface area contributed by atoms with Gasteiger partial charge in [0.25, 0.3) is 0 Å². The van der Waals surface area contributed by atoms with Crippen LogP contribution in [-0.2, 0) is 9.59 Å². The molecule has 0 spiro atoms. The number of aldehydes is 1. The molecule has 0 radical (unpaired) electrons. The summed E-state index contributed by atoms with van der Waals surface area (Å²) in [4.78, 5) is 22.6. The zero-order valence-corrected chi connectivity index (χ0v) is 6.91. The molecule has 1 amide bonds. The Balaban J connectivity index is 2.78. The minimum absolute atomic E-state index is 0.0390. The molecule has 1 atom stereocenters. The van der Waals surface area contributed by atoms with Gasteiger partial charge in [-0.05, 0) is 11.8 Å². The van der Waals surface area contributed by atoms with Crippen molar-refractivity contribution in [3.05, 3.63) is 0 Å². The maximum absolute atomic E-state index is 10.6. The number of amides is 1. The maximum Gasteiger partial charge on any atom is 0.210 e. The third-order valence-corrected chi connectivity index (χ3v) is 2.44. The van der Waals surface area contributed by atoms with Crippen LogP contribution in [0.2, 0.25) is 0 Å². The highest BCUT2D eigenvalue weighted by Gasteiger charge is 2.39. The van der Waals surface area contributed by atoms with Gasteiger partial charge in [0.15, 0.2) is 0 Å². The van der Waals surface area contributed by atoms with E-state index in [2.05, 4.69) is 0 Å². The molecule has 11 heavy (non-hydrogen) atoms. The number of hydrogen-bond acceptors (Lipinski definition) is 2. The number of carbonyl (C=O) groups is 2. The second kappa shape index (κ2) is 2.64. The van der Waals surface area contributed by atoms with E-state index >= 15 is 0 Å². The molecule has 0 unspecified atom stereocenters. The first kappa shape index (κ1) is 8.24. The van der Waals surface area contributed by atoms with E-state index in [4.69, 9.17) is 0 Å². The standard InChI is InChI=1S/C8H13NO2/c1-8(2)3-4-9(6-11)7(8)5-10/h5-7H,3-4H2,1-2H3/t7-/m1/s1. The Labute approximate surface area is 66.4 Å². The highest BCUT2D eigenvalue weighted by atomic mass is 16.1. The fourth-order valence-corrected chi connectivity index (χ4v) is 1.53. The summed E-state index contributed by atoms with van der Waals surface area (Å²) in [5, 5.41) is 0. The summed E-state index contributed by atoms with van der Waals surface area (Å²) in [6.07, 6.45) is 2.53. The molecule has 1 aliphatic heterocycles. The van der Waals surface area contributed by atoms with Crippen LogP contribution in [0.25, 0.3) is 0 Å². The van der Waals surface area contributed by atoms with Gasteiger partial charge in [-0.3, -0.25) is 4.79 Å². The third kappa shape index (κ3) is 1.27. The lowest BCUT2D eigenvalue weighted by Crippen LogP contribution is -2.36. The van der Waals surface area contributed by atoms with Gasteiger partial charge in [-0.25, -0.2) is 0 Å². The molecular formula is C8H13NO2. The molecule has 1 aliphatic rings. The molecule has 3 heteroatoms. The first-order chi connectivity index (χ1) is 5.11. The Morgan fingerprint density at radius 2 is 2.09 bits per heavy atom. The SMILES string of the molecule is CC1(C)CCN(C=O)[C@@H]1C=O. The van der Waals surface area contributed by atoms with Crippen molar-refractivity contribution in [3.8, 4) is 0 Å². The molecule has 62 valence electrons. The summed E-state index contributed by atoms with van der Waals surface area (Å²) in [6.45, 7) is 4.73. The lowest BCUT2D eigenvalue weighted by molar-refractivity contribution is -0.125. The van der Waals surface area contributed by atoms with Crippen LogP contribution in [0.5, 0.6) is 0 Å². The van der Waals surface area contributed by atoms with Crippen LogP contribution in [0.4, 0.5) is 0 Å². The van der Waals surface area contributed by atoms with Crippen molar-refractivity contribution in [3.63, 3.8) is 0 Å². The minimum atomic E-state index is -0.222. The van der Waals surface area contributed by atoms with Gasteiger partial charge in [-0.15, -0.1) is 0 Å². The molecule has 0 N–H and O–H groups in total. The molecule has 0 bridgehead atoms. The predicted molar refractivity (Wildman–Crippen MR) is 41.0 cm³/mol. The van der Waals surface area contributed by atoms with Gasteiger partial charge < -0.3 is 9.69 Å². The molecule has 3 nitrogen and oxygen atoms in total. The van der Waals surface area contributed by atoms with E-state index in [-0.39, 0.29) is 11.5 Å². The Kier molecular flexibility index (Phi) is 1.98. The van der Waals surface area contributed by atoms with Gasteiger partial charge in [-0.1, -0.05) is 13.8 Å². The van der Waals surface area contributed by atoms with Crippen molar-refractivity contribution in [2.75, 3.05) is 6.54 Å². The van der Waals surface area contributed by atoms with E-state index in [1.165, 1.54) is 0 Å². The second-order valence-electron chi connectivity index (χ2n) is 3.66. The molecule has 0 aromatic rings. The van der Waals surface area contributed by atoms with Gasteiger partial charge in [0.2, 0.25) is 6.41 Å². The molecule has 0 aliphatic carbocycles. The predicted octanol–water partition coefficient (Wildman–Crippen LogP) is 0.442. The molecule has 0 aromatic carbocycles. The summed E-state index contributed by atoms with van der Waals surface area (Å²) < 4.78 is 0. The first-order valence-electron chi connectivity index (χ1n) is 3.78. The van der Waals surface area contributed by atoms with E-state index < -0.39 is 0 Å². The van der Waals surface area contributed by atoms with Gasteiger partial charge in [0, 0.05) is 6.54 Å². The fourth-order valence-electron chi connectivity index (χ4n) is 1.53. The van der Waals surface area contributed by atoms with Gasteiger partial charge in [0.1, 0.15) is 6.29 Å². The van der Waals surface area contributed by atoms with Crippen molar-refractivity contribution >= 4 is 12.7 Å². The van der Waals surface area contributed by atoms with Crippen molar-refractivity contribution < 1.29 is 9.59 Å². The molecule has 0 aromatic heterocycles. The maximum atomic E-state index is 10.6. The Morgan fingerprint density at radius 1 is 1.45 bits per heavy atom. The fraction of sp³-hybridized carbons (Fsp3) is 0.750. The zero-order valence-electron chi connectivity index (χ0n) is 6.91. The van der Waals surface area contributed by atoms with Crippen LogP contribution in [0, 0.1) is 5.41 Å². The number of nitrogens with zero attached hydrogens (tertiary/aromatic N) is 1. The van der Waals surface area contributed by atoms with E-state index in [1.54, 1.807) is 4.90 Å². The molecule has 0 saturated carbocycles. The molecule has 1 heterocycles. The van der Waals surface area contributed by atoms with Crippen molar-refractivity contribution in [1.29, 1.82) is 0 Å². The zero-order chi connectivity index (χ0) is 8.48. The minimum Gasteiger partial charge on any atom is -0.335 e. The largest absolute Gasteiger partial charge is 0.335 e. The monoisotopic (exact) mass is 155 g/mol. The van der Waals surface area contributed by atoms with Gasteiger partial charge in [0.05, 0.1) is 6.04 Å². The Hall–Kier alpha value is -0.860. The van der Waals surface area contributed by atoms with Crippen LogP contribution < -0.4 is 0 Å². The second-order valence-corrected chi connectivity index (χ2v) is 3.66. The summed E-state index contributed by atoms with van der Waals surface area (Å²) >= 11 is 0. The molecule has 1 rings (SSSR count). The normalized spacial score (nSPS) is 28.5. The van der Waals surface area contributed by atoms with Crippen LogP contribution in [0.3, 0.4) is 0 Å². The summed E-state index contributed by atoms with van der Waals surface area (Å²) in [5.41, 5.74) is -0.0390. The topological polar surface area (TPSA) is 37.4 Å². The Bertz CT molecular complexity index is 177. The van der Waals surface area contributed by atoms with E-state index in [9.17, 15) is 9.59 Å². The average molecular weight is 155 g/mol. The Morgan fingerprint density at radius 3 is 2.45 bits per heavy atom. The summed E-state index contributed by atoms with van der Waals surface area (Å²) in [7, 11) is 0. The number of rotatable bonds is 2. The first-order valence-corrected chi connectivity index (χ1v) is 3.78. The van der Waals surface area contributed by atoms with E-state index in [0.717, 1.165) is 19.1 Å². The van der Waals surface area contributed by atoms with Crippen LogP contribution in [0.15, 0.2) is 0 Å². The van der Waals surface area contributed by atoms with Crippen molar-refractivity contribution in [2.24, 2.45) is 5.41 Å². The smallest absolute Gasteiger partial charge is 0.210 e. The lowest BCUT2D eigenvalue weighted by Gasteiger charge is -2.24. The lowest BCUT2D eigenvalue weighted by atomic mass is 9.86. The van der Waals surface area contributed by atoms with E-state index in [1.807, 2.05) is 13.8 Å². The molecular weight excluding hydrogens is 142 g/mol. The number of carbonyl (C=O) groups excluding carboxylic acids is 2. The van der Waals surface area contributed by atoms with Gasteiger partial charge >= 0.3 is 0 Å². The molecule has 1 fully saturated rings. The third-order valence-electron chi connectivity index (χ3n) is 2.44. The van der Waals surface area contributed by atoms with E-state index in [0.29, 0.717) is 6.54 Å². The van der Waals surface area contributed by atoms with Crippen molar-refractivity contribution in [1.82, 2.24) is 4.90 Å².